The maximum absolute atomic E-state index is 14.5. The largest absolute Gasteiger partial charge is 0.478 e. The number of halogens is 1. The third-order valence-corrected chi connectivity index (χ3v) is 5.70. The van der Waals surface area contributed by atoms with Gasteiger partial charge in [0.1, 0.15) is 5.82 Å². The van der Waals surface area contributed by atoms with E-state index in [-0.39, 0.29) is 16.8 Å². The zero-order valence-electron chi connectivity index (χ0n) is 18.2. The second-order valence-electron chi connectivity index (χ2n) is 7.96. The van der Waals surface area contributed by atoms with Crippen LogP contribution in [0.3, 0.4) is 0 Å². The van der Waals surface area contributed by atoms with E-state index in [1.807, 2.05) is 17.9 Å². The quantitative estimate of drug-likeness (QED) is 0.629. The fraction of sp³-hybridized carbons (Fsp3) is 0.348. The summed E-state index contributed by atoms with van der Waals surface area (Å²) in [5.41, 5.74) is 1.61. The van der Waals surface area contributed by atoms with Crippen molar-refractivity contribution in [1.82, 2.24) is 9.55 Å². The first-order valence-electron chi connectivity index (χ1n) is 10.4. The van der Waals surface area contributed by atoms with Crippen LogP contribution in [0.2, 0.25) is 0 Å². The number of hydrogen-bond acceptors (Lipinski definition) is 6. The second kappa shape index (κ2) is 8.58. The average Bonchev–Trinajstić information content (AvgIpc) is 2.77. The van der Waals surface area contributed by atoms with Gasteiger partial charge in [0.2, 0.25) is 5.95 Å². The number of fused-ring (bicyclic) bond motifs is 1. The fourth-order valence-corrected chi connectivity index (χ4v) is 4.06. The summed E-state index contributed by atoms with van der Waals surface area (Å²) < 4.78 is 21.4. The fourth-order valence-electron chi connectivity index (χ4n) is 4.06. The SMILES string of the molecule is Cc1cc(C(C)Nc2c(F)cccc2C(=O)O)c2nc(N3CCOCC3)n(C)c(=O)c2c1. The van der Waals surface area contributed by atoms with E-state index in [4.69, 9.17) is 9.72 Å². The molecule has 1 aromatic heterocycles. The number of rotatable bonds is 5. The van der Waals surface area contributed by atoms with E-state index in [0.717, 1.165) is 5.56 Å². The van der Waals surface area contributed by atoms with E-state index in [1.54, 1.807) is 20.0 Å². The highest BCUT2D eigenvalue weighted by atomic mass is 19.1. The van der Waals surface area contributed by atoms with Crippen molar-refractivity contribution in [3.8, 4) is 0 Å². The number of aryl methyl sites for hydroxylation is 1. The third-order valence-electron chi connectivity index (χ3n) is 5.70. The van der Waals surface area contributed by atoms with Crippen LogP contribution in [0.25, 0.3) is 10.9 Å². The van der Waals surface area contributed by atoms with Crippen molar-refractivity contribution in [2.75, 3.05) is 36.5 Å². The second-order valence-corrected chi connectivity index (χ2v) is 7.96. The molecule has 1 fully saturated rings. The van der Waals surface area contributed by atoms with Gasteiger partial charge < -0.3 is 20.1 Å². The molecule has 1 aliphatic heterocycles. The molecule has 8 nitrogen and oxygen atoms in total. The molecule has 1 unspecified atom stereocenters. The van der Waals surface area contributed by atoms with Gasteiger partial charge in [-0.05, 0) is 37.6 Å². The summed E-state index contributed by atoms with van der Waals surface area (Å²) in [5, 5.41) is 12.9. The van der Waals surface area contributed by atoms with E-state index < -0.39 is 17.8 Å². The number of anilines is 2. The molecule has 32 heavy (non-hydrogen) atoms. The van der Waals surface area contributed by atoms with Gasteiger partial charge in [-0.1, -0.05) is 12.1 Å². The Morgan fingerprint density at radius 2 is 2.00 bits per heavy atom. The van der Waals surface area contributed by atoms with E-state index in [9.17, 15) is 19.1 Å². The van der Waals surface area contributed by atoms with Crippen LogP contribution in [0.1, 0.15) is 34.5 Å². The molecule has 4 rings (SSSR count). The van der Waals surface area contributed by atoms with E-state index in [2.05, 4.69) is 5.32 Å². The summed E-state index contributed by atoms with van der Waals surface area (Å²) in [6, 6.07) is 7.08. The number of benzene rings is 2. The maximum atomic E-state index is 14.5. The molecule has 1 saturated heterocycles. The first kappa shape index (κ1) is 21.8. The van der Waals surface area contributed by atoms with Crippen LogP contribution < -0.4 is 15.8 Å². The summed E-state index contributed by atoms with van der Waals surface area (Å²) >= 11 is 0. The van der Waals surface area contributed by atoms with Gasteiger partial charge in [0.25, 0.3) is 5.56 Å². The summed E-state index contributed by atoms with van der Waals surface area (Å²) in [6.07, 6.45) is 0. The molecule has 1 aliphatic rings. The molecule has 0 amide bonds. The lowest BCUT2D eigenvalue weighted by molar-refractivity contribution is 0.0697. The highest BCUT2D eigenvalue weighted by Gasteiger charge is 2.22. The standard InChI is InChI=1S/C23H25FN4O4/c1-13-11-16(14(2)25-20-15(22(30)31)5-4-6-18(20)24)19-17(12-13)21(29)27(3)23(26-19)28-7-9-32-10-8-28/h4-6,11-12,14,25H,7-10H2,1-3H3,(H,30,31). The lowest BCUT2D eigenvalue weighted by Gasteiger charge is -2.29. The number of aromatic nitrogens is 2. The first-order valence-corrected chi connectivity index (χ1v) is 10.4. The Bertz CT molecular complexity index is 1250. The number of ether oxygens (including phenoxy) is 1. The number of nitrogens with zero attached hydrogens (tertiary/aromatic N) is 3. The summed E-state index contributed by atoms with van der Waals surface area (Å²) in [7, 11) is 1.70. The van der Waals surface area contributed by atoms with Crippen molar-refractivity contribution >= 4 is 28.5 Å². The first-order chi connectivity index (χ1) is 15.3. The van der Waals surface area contributed by atoms with Crippen molar-refractivity contribution in [3.63, 3.8) is 0 Å². The molecule has 0 bridgehead atoms. The lowest BCUT2D eigenvalue weighted by Crippen LogP contribution is -2.40. The van der Waals surface area contributed by atoms with E-state index in [1.165, 1.54) is 22.8 Å². The van der Waals surface area contributed by atoms with Gasteiger partial charge in [0.05, 0.1) is 41.4 Å². The van der Waals surface area contributed by atoms with Gasteiger partial charge in [-0.15, -0.1) is 0 Å². The molecule has 0 spiro atoms. The minimum absolute atomic E-state index is 0.0978. The number of carboxylic acid groups (broad SMARTS) is 1. The van der Waals surface area contributed by atoms with Gasteiger partial charge in [-0.25, -0.2) is 14.2 Å². The highest BCUT2D eigenvalue weighted by Crippen LogP contribution is 2.30. The van der Waals surface area contributed by atoms with Crippen molar-refractivity contribution in [1.29, 1.82) is 0 Å². The Morgan fingerprint density at radius 3 is 2.69 bits per heavy atom. The number of aromatic carboxylic acids is 1. The van der Waals surface area contributed by atoms with Gasteiger partial charge in [-0.2, -0.15) is 0 Å². The molecular weight excluding hydrogens is 415 g/mol. The zero-order chi connectivity index (χ0) is 23.0. The average molecular weight is 440 g/mol. The maximum Gasteiger partial charge on any atom is 0.337 e. The van der Waals surface area contributed by atoms with E-state index in [0.29, 0.717) is 48.7 Å². The Balaban J connectivity index is 1.84. The van der Waals surface area contributed by atoms with Crippen LogP contribution in [0.4, 0.5) is 16.0 Å². The number of carbonyl (C=O) groups is 1. The minimum Gasteiger partial charge on any atom is -0.478 e. The topological polar surface area (TPSA) is 96.7 Å². The predicted molar refractivity (Wildman–Crippen MR) is 120 cm³/mol. The molecule has 3 aromatic rings. The molecule has 0 radical (unpaired) electrons. The molecule has 1 atom stereocenters. The third kappa shape index (κ3) is 3.91. The Morgan fingerprint density at radius 1 is 1.28 bits per heavy atom. The van der Waals surface area contributed by atoms with Crippen LogP contribution in [-0.2, 0) is 11.8 Å². The number of morpholine rings is 1. The lowest BCUT2D eigenvalue weighted by atomic mass is 10.0. The smallest absolute Gasteiger partial charge is 0.337 e. The molecule has 9 heteroatoms. The van der Waals surface area contributed by atoms with Crippen LogP contribution in [0.15, 0.2) is 35.1 Å². The van der Waals surface area contributed by atoms with Gasteiger partial charge >= 0.3 is 5.97 Å². The van der Waals surface area contributed by atoms with E-state index >= 15 is 0 Å². The molecule has 0 aliphatic carbocycles. The molecule has 0 saturated carbocycles. The summed E-state index contributed by atoms with van der Waals surface area (Å²) in [5.74, 6) is -1.35. The van der Waals surface area contributed by atoms with Crippen LogP contribution in [-0.4, -0.2) is 46.9 Å². The van der Waals surface area contributed by atoms with Gasteiger partial charge in [0.15, 0.2) is 0 Å². The minimum atomic E-state index is -1.23. The van der Waals surface area contributed by atoms with Crippen molar-refractivity contribution in [3.05, 3.63) is 63.2 Å². The Kier molecular flexibility index (Phi) is 5.84. The monoisotopic (exact) mass is 440 g/mol. The van der Waals surface area contributed by atoms with Crippen molar-refractivity contribution in [2.45, 2.75) is 19.9 Å². The van der Waals surface area contributed by atoms with Gasteiger partial charge in [-0.3, -0.25) is 9.36 Å². The molecule has 2 aromatic carbocycles. The van der Waals surface area contributed by atoms with Gasteiger partial charge in [0, 0.05) is 25.7 Å². The zero-order valence-corrected chi connectivity index (χ0v) is 18.2. The number of hydrogen-bond donors (Lipinski definition) is 2. The normalized spacial score (nSPS) is 15.1. The van der Waals surface area contributed by atoms with Crippen LogP contribution in [0, 0.1) is 12.7 Å². The number of para-hydroxylation sites is 1. The molecule has 2 heterocycles. The van der Waals surface area contributed by atoms with Crippen LogP contribution >= 0.6 is 0 Å². The number of nitrogens with one attached hydrogen (secondary N) is 1. The number of carboxylic acids is 1. The van der Waals surface area contributed by atoms with Crippen LogP contribution in [0.5, 0.6) is 0 Å². The Labute approximate surface area is 184 Å². The van der Waals surface area contributed by atoms with Crippen molar-refractivity contribution in [2.24, 2.45) is 7.05 Å². The summed E-state index contributed by atoms with van der Waals surface area (Å²) in [4.78, 5) is 31.6. The Hall–Kier alpha value is -3.46. The summed E-state index contributed by atoms with van der Waals surface area (Å²) in [6.45, 7) is 6.02. The highest BCUT2D eigenvalue weighted by molar-refractivity contribution is 5.94. The molecular formula is C23H25FN4O4. The molecule has 168 valence electrons. The predicted octanol–water partition coefficient (Wildman–Crippen LogP) is 3.09. The molecule has 2 N–H and O–H groups in total. The van der Waals surface area contributed by atoms with Crippen molar-refractivity contribution < 1.29 is 19.0 Å².